The number of benzene rings is 3. The molecule has 2 N–H and O–H groups in total. The lowest BCUT2D eigenvalue weighted by Crippen LogP contribution is -2.40. The maximum atomic E-state index is 13.4. The molecule has 2 aromatic heterocycles. The number of pyridine rings is 1. The number of furan rings is 1. The molecule has 184 valence electrons. The summed E-state index contributed by atoms with van der Waals surface area (Å²) >= 11 is 0. The third-order valence-corrected chi connectivity index (χ3v) is 6.25. The first-order valence-corrected chi connectivity index (χ1v) is 11.6. The normalized spacial score (nSPS) is 11.4. The van der Waals surface area contributed by atoms with Gasteiger partial charge in [0.15, 0.2) is 5.76 Å². The van der Waals surface area contributed by atoms with Crippen LogP contribution < -0.4 is 5.32 Å². The van der Waals surface area contributed by atoms with Crippen molar-refractivity contribution in [3.63, 3.8) is 0 Å². The average molecular weight is 495 g/mol. The number of hydrogen-bond acceptors (Lipinski definition) is 4. The first-order valence-electron chi connectivity index (χ1n) is 11.6. The van der Waals surface area contributed by atoms with Gasteiger partial charge in [-0.3, -0.25) is 4.79 Å². The van der Waals surface area contributed by atoms with E-state index in [9.17, 15) is 19.1 Å². The van der Waals surface area contributed by atoms with Gasteiger partial charge in [-0.15, -0.1) is 0 Å². The molecule has 3 aromatic carbocycles. The van der Waals surface area contributed by atoms with Crippen molar-refractivity contribution >= 4 is 23.0 Å². The fraction of sp³-hybridized carbons (Fsp3) is 0.100. The van der Waals surface area contributed by atoms with Crippen LogP contribution in [0.1, 0.15) is 40.1 Å². The summed E-state index contributed by atoms with van der Waals surface area (Å²) in [6.07, 6.45) is 1.57. The Morgan fingerprint density at radius 2 is 1.62 bits per heavy atom. The van der Waals surface area contributed by atoms with E-state index in [1.165, 1.54) is 24.3 Å². The predicted octanol–water partition coefficient (Wildman–Crippen LogP) is 6.66. The van der Waals surface area contributed by atoms with Crippen LogP contribution in [0.5, 0.6) is 0 Å². The largest absolute Gasteiger partial charge is 0.478 e. The summed E-state index contributed by atoms with van der Waals surface area (Å²) in [6, 6.07) is 23.8. The number of aromatic nitrogens is 1. The molecule has 6 nitrogen and oxygen atoms in total. The molecule has 0 fully saturated rings. The van der Waals surface area contributed by atoms with Gasteiger partial charge in [-0.2, -0.15) is 0 Å². The van der Waals surface area contributed by atoms with Gasteiger partial charge in [0.2, 0.25) is 5.71 Å². The number of fused-ring (bicyclic) bond motifs is 1. The zero-order valence-electron chi connectivity index (χ0n) is 20.2. The van der Waals surface area contributed by atoms with Crippen molar-refractivity contribution in [3.05, 3.63) is 114 Å². The van der Waals surface area contributed by atoms with Crippen LogP contribution in [0.4, 0.5) is 4.39 Å². The van der Waals surface area contributed by atoms with Gasteiger partial charge in [0.25, 0.3) is 5.91 Å². The average Bonchev–Trinajstić information content (AvgIpc) is 3.28. The summed E-state index contributed by atoms with van der Waals surface area (Å²) in [5.41, 5.74) is 2.69. The topological polar surface area (TPSA) is 92.4 Å². The van der Waals surface area contributed by atoms with E-state index in [0.29, 0.717) is 27.6 Å². The zero-order valence-corrected chi connectivity index (χ0v) is 20.2. The molecule has 0 spiro atoms. The van der Waals surface area contributed by atoms with Gasteiger partial charge < -0.3 is 14.8 Å². The number of rotatable bonds is 6. The highest BCUT2D eigenvalue weighted by Gasteiger charge is 2.25. The fourth-order valence-corrected chi connectivity index (χ4v) is 4.28. The lowest BCUT2D eigenvalue weighted by atomic mass is 9.93. The number of hydrogen-bond donors (Lipinski definition) is 2. The summed E-state index contributed by atoms with van der Waals surface area (Å²) in [4.78, 5) is 29.6. The summed E-state index contributed by atoms with van der Waals surface area (Å²) < 4.78 is 19.1. The fourth-order valence-electron chi connectivity index (χ4n) is 4.28. The smallest absolute Gasteiger partial charge is 0.340 e. The monoisotopic (exact) mass is 494 g/mol. The van der Waals surface area contributed by atoms with Crippen molar-refractivity contribution in [2.75, 3.05) is 0 Å². The molecule has 0 radical (unpaired) electrons. The van der Waals surface area contributed by atoms with Gasteiger partial charge in [-0.1, -0.05) is 42.5 Å². The quantitative estimate of drug-likeness (QED) is 0.275. The van der Waals surface area contributed by atoms with E-state index < -0.39 is 17.3 Å². The Labute approximate surface area is 212 Å². The van der Waals surface area contributed by atoms with Crippen LogP contribution >= 0.6 is 0 Å². The summed E-state index contributed by atoms with van der Waals surface area (Å²) in [6.45, 7) is 3.87. The van der Waals surface area contributed by atoms with Crippen molar-refractivity contribution in [3.8, 4) is 22.5 Å². The molecule has 1 amide bonds. The standard InChI is InChI=1S/C30H23FN2O4/c1-30(2,22-9-4-3-5-10-22)33-27(34)20-8-6-7-19(15-20)21-16-24-25(29(35)36)26(37-28(24)32-17-21)18-11-13-23(31)14-12-18/h3-17H,1-2H3,(H,33,34)(H,35,36). The number of carbonyl (C=O) groups is 2. The molecule has 0 aliphatic rings. The van der Waals surface area contributed by atoms with Gasteiger partial charge in [0.1, 0.15) is 11.4 Å². The molecule has 0 saturated carbocycles. The first kappa shape index (κ1) is 23.9. The SMILES string of the molecule is CC(C)(NC(=O)c1cccc(-c2cnc3oc(-c4ccc(F)cc4)c(C(=O)O)c3c2)c1)c1ccccc1. The number of halogens is 1. The number of aromatic carboxylic acids is 1. The van der Waals surface area contributed by atoms with Crippen molar-refractivity contribution in [1.29, 1.82) is 0 Å². The van der Waals surface area contributed by atoms with Crippen LogP contribution in [-0.2, 0) is 5.54 Å². The number of nitrogens with zero attached hydrogens (tertiary/aromatic N) is 1. The van der Waals surface area contributed by atoms with Crippen LogP contribution in [0.2, 0.25) is 0 Å². The Morgan fingerprint density at radius 3 is 2.32 bits per heavy atom. The van der Waals surface area contributed by atoms with Crippen LogP contribution in [0, 0.1) is 5.82 Å². The lowest BCUT2D eigenvalue weighted by molar-refractivity contribution is 0.0698. The molecule has 0 atom stereocenters. The lowest BCUT2D eigenvalue weighted by Gasteiger charge is -2.27. The first-order chi connectivity index (χ1) is 17.7. The van der Waals surface area contributed by atoms with Gasteiger partial charge in [0.05, 0.1) is 10.9 Å². The summed E-state index contributed by atoms with van der Waals surface area (Å²) in [5.74, 6) is -1.76. The third-order valence-electron chi connectivity index (χ3n) is 6.25. The number of amides is 1. The molecule has 5 aromatic rings. The molecule has 0 aliphatic carbocycles. The molecule has 2 heterocycles. The molecule has 5 rings (SSSR count). The second kappa shape index (κ2) is 9.35. The Morgan fingerprint density at radius 1 is 0.892 bits per heavy atom. The van der Waals surface area contributed by atoms with Gasteiger partial charge in [-0.05, 0) is 67.4 Å². The van der Waals surface area contributed by atoms with Crippen LogP contribution in [-0.4, -0.2) is 22.0 Å². The maximum absolute atomic E-state index is 13.4. The second-order valence-corrected chi connectivity index (χ2v) is 9.22. The molecule has 37 heavy (non-hydrogen) atoms. The number of carboxylic acids is 1. The van der Waals surface area contributed by atoms with Crippen molar-refractivity contribution in [1.82, 2.24) is 10.3 Å². The third kappa shape index (κ3) is 4.71. The molecule has 0 bridgehead atoms. The van der Waals surface area contributed by atoms with Gasteiger partial charge >= 0.3 is 5.97 Å². The van der Waals surface area contributed by atoms with Gasteiger partial charge in [0, 0.05) is 22.9 Å². The Kier molecular flexibility index (Phi) is 6.05. The highest BCUT2D eigenvalue weighted by molar-refractivity contribution is 6.08. The zero-order chi connectivity index (χ0) is 26.2. The minimum atomic E-state index is -1.19. The molecule has 0 aliphatic heterocycles. The summed E-state index contributed by atoms with van der Waals surface area (Å²) in [5, 5.41) is 13.3. The maximum Gasteiger partial charge on any atom is 0.340 e. The molecule has 0 saturated heterocycles. The number of carbonyl (C=O) groups excluding carboxylic acids is 1. The van der Waals surface area contributed by atoms with E-state index >= 15 is 0 Å². The Bertz CT molecular complexity index is 1620. The number of carboxylic acid groups (broad SMARTS) is 1. The predicted molar refractivity (Wildman–Crippen MR) is 139 cm³/mol. The van der Waals surface area contributed by atoms with Crippen LogP contribution in [0.15, 0.2) is 95.5 Å². The minimum Gasteiger partial charge on any atom is -0.478 e. The van der Waals surface area contributed by atoms with Crippen molar-refractivity contribution < 1.29 is 23.5 Å². The van der Waals surface area contributed by atoms with Crippen molar-refractivity contribution in [2.24, 2.45) is 0 Å². The van der Waals surface area contributed by atoms with Gasteiger partial charge in [-0.25, -0.2) is 14.2 Å². The van der Waals surface area contributed by atoms with Crippen molar-refractivity contribution in [2.45, 2.75) is 19.4 Å². The molecular formula is C30H23FN2O4. The minimum absolute atomic E-state index is 0.0607. The van der Waals surface area contributed by atoms with E-state index in [-0.39, 0.29) is 22.9 Å². The number of nitrogens with one attached hydrogen (secondary N) is 1. The second-order valence-electron chi connectivity index (χ2n) is 9.22. The van der Waals surface area contributed by atoms with Crippen LogP contribution in [0.3, 0.4) is 0 Å². The van der Waals surface area contributed by atoms with E-state index in [2.05, 4.69) is 10.3 Å². The van der Waals surface area contributed by atoms with Crippen LogP contribution in [0.25, 0.3) is 33.6 Å². The highest BCUT2D eigenvalue weighted by atomic mass is 19.1. The summed E-state index contributed by atoms with van der Waals surface area (Å²) in [7, 11) is 0. The van der Waals surface area contributed by atoms with E-state index in [4.69, 9.17) is 4.42 Å². The Hall–Kier alpha value is -4.78. The van der Waals surface area contributed by atoms with E-state index in [0.717, 1.165) is 5.56 Å². The highest BCUT2D eigenvalue weighted by Crippen LogP contribution is 2.35. The molecule has 0 unspecified atom stereocenters. The Balaban J connectivity index is 1.50. The van der Waals surface area contributed by atoms with E-state index in [1.807, 2.05) is 50.2 Å². The molecule has 7 heteroatoms. The molecular weight excluding hydrogens is 471 g/mol. The van der Waals surface area contributed by atoms with E-state index in [1.54, 1.807) is 30.5 Å².